The fraction of sp³-hybridized carbons (Fsp3) is 0.0526. The highest BCUT2D eigenvalue weighted by Crippen LogP contribution is 2.19. The second kappa shape index (κ2) is 7.90. The second-order valence-electron chi connectivity index (χ2n) is 6.39. The third-order valence-corrected chi connectivity index (χ3v) is 4.61. The fourth-order valence-electron chi connectivity index (χ4n) is 3.21. The summed E-state index contributed by atoms with van der Waals surface area (Å²) >= 11 is 0. The molecule has 0 saturated heterocycles. The first-order chi connectivity index (χ1) is 14.4. The molecule has 0 bridgehead atoms. The lowest BCUT2D eigenvalue weighted by Crippen LogP contribution is -2.59. The maximum absolute atomic E-state index is 14.6. The molecule has 0 aromatic heterocycles. The van der Waals surface area contributed by atoms with Gasteiger partial charge < -0.3 is 0 Å². The van der Waals surface area contributed by atoms with Gasteiger partial charge in [0.2, 0.25) is 0 Å². The summed E-state index contributed by atoms with van der Waals surface area (Å²) in [5, 5.41) is 0. The third kappa shape index (κ3) is 3.53. The zero-order chi connectivity index (χ0) is 23.4. The van der Waals surface area contributed by atoms with E-state index >= 15 is 0 Å². The number of halogens is 11. The summed E-state index contributed by atoms with van der Waals surface area (Å²) < 4.78 is 155. The molecule has 0 amide bonds. The van der Waals surface area contributed by atoms with Gasteiger partial charge >= 0.3 is 0 Å². The van der Waals surface area contributed by atoms with Gasteiger partial charge in [-0.15, -0.1) is 0 Å². The van der Waals surface area contributed by atoms with Crippen LogP contribution < -0.4 is 16.4 Å². The predicted octanol–water partition coefficient (Wildman–Crippen LogP) is 4.04. The van der Waals surface area contributed by atoms with Crippen LogP contribution >= 0.6 is 0 Å². The van der Waals surface area contributed by atoms with Crippen LogP contribution in [0.1, 0.15) is 5.56 Å². The van der Waals surface area contributed by atoms with Crippen LogP contribution in [0.2, 0.25) is 0 Å². The minimum absolute atomic E-state index is 0.179. The molecule has 0 nitrogen and oxygen atoms in total. The molecule has 0 N–H and O–H groups in total. The van der Waals surface area contributed by atoms with Gasteiger partial charge in [0.1, 0.15) is 5.82 Å². The zero-order valence-electron chi connectivity index (χ0n) is 15.0. The molecule has 0 heterocycles. The summed E-state index contributed by atoms with van der Waals surface area (Å²) in [6.07, 6.45) is 0. The maximum Gasteiger partial charge on any atom is 0.261 e. The van der Waals surface area contributed by atoms with E-state index in [1.54, 1.807) is 0 Å². The van der Waals surface area contributed by atoms with Crippen molar-refractivity contribution in [1.82, 2.24) is 0 Å². The van der Waals surface area contributed by atoms with Crippen molar-refractivity contribution >= 4 is 23.1 Å². The maximum atomic E-state index is 14.6. The van der Waals surface area contributed by atoms with Gasteiger partial charge in [-0.05, 0) is 17.9 Å². The van der Waals surface area contributed by atoms with Gasteiger partial charge in [-0.2, -0.15) is 0 Å². The van der Waals surface area contributed by atoms with Crippen LogP contribution in [0.15, 0.2) is 18.2 Å². The summed E-state index contributed by atoms with van der Waals surface area (Å²) in [6.45, 7) is -2.38. The van der Waals surface area contributed by atoms with Crippen molar-refractivity contribution in [1.29, 1.82) is 0 Å². The normalized spacial score (nSPS) is 11.2. The fourth-order valence-corrected chi connectivity index (χ4v) is 3.21. The van der Waals surface area contributed by atoms with E-state index in [0.717, 1.165) is 0 Å². The Bertz CT molecular complexity index is 1110. The van der Waals surface area contributed by atoms with Gasteiger partial charge in [-0.25, -0.2) is 48.3 Å². The lowest BCUT2D eigenvalue weighted by atomic mass is 9.35. The standard InChI is InChI=1S/C19H6BF11/c1-5-12(6(21)2-7(22)15(5)27)20(13-16(28)8(23)3-9(24)17(13)29)14-18(30)10(25)4-11(26)19(14)31/h2-4H,1H3. The molecular formula is C19H6BF11. The number of benzene rings is 3. The van der Waals surface area contributed by atoms with Gasteiger partial charge in [0.25, 0.3) is 6.71 Å². The number of hydrogen-bond donors (Lipinski definition) is 0. The minimum atomic E-state index is -2.99. The quantitative estimate of drug-likeness (QED) is 0.319. The summed E-state index contributed by atoms with van der Waals surface area (Å²) in [6, 6.07) is -0.765. The molecule has 0 radical (unpaired) electrons. The van der Waals surface area contributed by atoms with Crippen LogP contribution in [0.3, 0.4) is 0 Å². The van der Waals surface area contributed by atoms with Crippen molar-refractivity contribution in [3.8, 4) is 0 Å². The first-order valence-electron chi connectivity index (χ1n) is 8.18. The lowest BCUT2D eigenvalue weighted by molar-refractivity contribution is 0.459. The van der Waals surface area contributed by atoms with Gasteiger partial charge in [0.15, 0.2) is 58.2 Å². The van der Waals surface area contributed by atoms with Crippen LogP contribution in [0.25, 0.3) is 0 Å². The van der Waals surface area contributed by atoms with Crippen molar-refractivity contribution in [2.45, 2.75) is 6.92 Å². The van der Waals surface area contributed by atoms with Gasteiger partial charge in [0.05, 0.1) is 0 Å². The molecule has 3 rings (SSSR count). The summed E-state index contributed by atoms with van der Waals surface area (Å²) in [5.74, 6) is -23.2. The van der Waals surface area contributed by atoms with E-state index in [2.05, 4.69) is 0 Å². The molecule has 12 heteroatoms. The van der Waals surface area contributed by atoms with Gasteiger partial charge in [-0.3, -0.25) is 0 Å². The Morgan fingerprint density at radius 1 is 0.419 bits per heavy atom. The SMILES string of the molecule is Cc1c(F)c(F)cc(F)c1B(c1c(F)c(F)cc(F)c1F)c1c(F)c(F)cc(F)c1F. The van der Waals surface area contributed by atoms with Crippen molar-refractivity contribution < 1.29 is 48.3 Å². The van der Waals surface area contributed by atoms with E-state index in [9.17, 15) is 48.3 Å². The summed E-state index contributed by atoms with van der Waals surface area (Å²) in [4.78, 5) is 0. The Morgan fingerprint density at radius 2 is 0.710 bits per heavy atom. The Hall–Kier alpha value is -3.05. The highest BCUT2D eigenvalue weighted by Gasteiger charge is 2.41. The Labute approximate surface area is 167 Å². The summed E-state index contributed by atoms with van der Waals surface area (Å²) in [5.41, 5.74) is -6.39. The van der Waals surface area contributed by atoms with E-state index < -0.39 is 92.7 Å². The molecule has 31 heavy (non-hydrogen) atoms. The molecule has 3 aromatic rings. The molecule has 0 atom stereocenters. The number of hydrogen-bond acceptors (Lipinski definition) is 0. The molecule has 0 fully saturated rings. The lowest BCUT2D eigenvalue weighted by Gasteiger charge is -2.22. The molecule has 0 spiro atoms. The monoisotopic (exact) mass is 454 g/mol. The van der Waals surface area contributed by atoms with Crippen LogP contribution in [-0.2, 0) is 0 Å². The van der Waals surface area contributed by atoms with Crippen LogP contribution in [-0.4, -0.2) is 6.71 Å². The molecule has 3 aromatic carbocycles. The zero-order valence-corrected chi connectivity index (χ0v) is 15.0. The van der Waals surface area contributed by atoms with E-state index in [1.807, 2.05) is 0 Å². The first-order valence-corrected chi connectivity index (χ1v) is 8.18. The van der Waals surface area contributed by atoms with Crippen LogP contribution in [0.4, 0.5) is 48.3 Å². The van der Waals surface area contributed by atoms with Gasteiger partial charge in [-0.1, -0.05) is 0 Å². The largest absolute Gasteiger partial charge is 0.261 e. The number of rotatable bonds is 3. The second-order valence-corrected chi connectivity index (χ2v) is 6.39. The molecule has 0 aliphatic heterocycles. The smallest absolute Gasteiger partial charge is 0.207 e. The summed E-state index contributed by atoms with van der Waals surface area (Å²) in [7, 11) is 0. The van der Waals surface area contributed by atoms with E-state index in [1.165, 1.54) is 0 Å². The average Bonchev–Trinajstić information content (AvgIpc) is 2.69. The van der Waals surface area contributed by atoms with E-state index in [-0.39, 0.29) is 18.2 Å². The van der Waals surface area contributed by atoms with Crippen LogP contribution in [0, 0.1) is 70.9 Å². The van der Waals surface area contributed by atoms with Crippen molar-refractivity contribution in [3.63, 3.8) is 0 Å². The molecular weight excluding hydrogens is 448 g/mol. The Kier molecular flexibility index (Phi) is 5.77. The van der Waals surface area contributed by atoms with E-state index in [0.29, 0.717) is 6.92 Å². The molecule has 0 aliphatic rings. The molecule has 0 saturated carbocycles. The third-order valence-electron chi connectivity index (χ3n) is 4.61. The van der Waals surface area contributed by atoms with E-state index in [4.69, 9.17) is 0 Å². The topological polar surface area (TPSA) is 0 Å². The highest BCUT2D eigenvalue weighted by atomic mass is 19.2. The molecule has 162 valence electrons. The van der Waals surface area contributed by atoms with Gasteiger partial charge in [0, 0.05) is 29.1 Å². The highest BCUT2D eigenvalue weighted by molar-refractivity contribution is 6.96. The first kappa shape index (κ1) is 22.6. The van der Waals surface area contributed by atoms with Crippen molar-refractivity contribution in [2.75, 3.05) is 0 Å². The van der Waals surface area contributed by atoms with Crippen molar-refractivity contribution in [3.05, 3.63) is 87.8 Å². The average molecular weight is 454 g/mol. The Balaban J connectivity index is 2.60. The minimum Gasteiger partial charge on any atom is -0.207 e. The Morgan fingerprint density at radius 3 is 1.06 bits per heavy atom. The molecule has 0 aliphatic carbocycles. The van der Waals surface area contributed by atoms with Crippen LogP contribution in [0.5, 0.6) is 0 Å². The molecule has 0 unspecified atom stereocenters. The predicted molar refractivity (Wildman–Crippen MR) is 88.3 cm³/mol. The van der Waals surface area contributed by atoms with Crippen molar-refractivity contribution in [2.24, 2.45) is 0 Å².